The minimum atomic E-state index is -4.29. The smallest absolute Gasteiger partial charge is 0.457 e. The molecule has 0 rings (SSSR count). The Bertz CT molecular complexity index is 1310. The molecule has 0 aliphatic heterocycles. The summed E-state index contributed by atoms with van der Waals surface area (Å²) in [5.74, 6) is -0.310. The molecule has 0 amide bonds. The molecule has 8 nitrogen and oxygen atoms in total. The van der Waals surface area contributed by atoms with E-state index in [1.165, 1.54) is 231 Å². The molecule has 430 valence electrons. The molecule has 0 aliphatic carbocycles. The molecule has 0 aromatic heterocycles. The molecule has 2 atom stereocenters. The van der Waals surface area contributed by atoms with Crippen molar-refractivity contribution in [2.24, 2.45) is 0 Å². The van der Waals surface area contributed by atoms with E-state index in [1.807, 2.05) is 21.1 Å². The van der Waals surface area contributed by atoms with Crippen LogP contribution in [-0.2, 0) is 27.9 Å². The van der Waals surface area contributed by atoms with Crippen LogP contribution in [0.5, 0.6) is 0 Å². The predicted molar refractivity (Wildman–Crippen MR) is 316 cm³/mol. The van der Waals surface area contributed by atoms with Crippen molar-refractivity contribution in [3.63, 3.8) is 0 Å². The van der Waals surface area contributed by atoms with Gasteiger partial charge in [0.2, 0.25) is 0 Å². The van der Waals surface area contributed by atoms with E-state index in [-0.39, 0.29) is 25.8 Å². The minimum absolute atomic E-state index is 0.0883. The summed E-state index contributed by atoms with van der Waals surface area (Å²) < 4.78 is 35.3. The molecule has 0 aliphatic rings. The molecule has 0 saturated heterocycles. The summed E-state index contributed by atoms with van der Waals surface area (Å²) in [6.45, 7) is 5.66. The van der Waals surface area contributed by atoms with Gasteiger partial charge in [0.25, 0.3) is 0 Å². The lowest BCUT2D eigenvalue weighted by atomic mass is 10.0. The topological polar surface area (TPSA) is 91.3 Å². The van der Waals surface area contributed by atoms with Crippen molar-refractivity contribution < 1.29 is 37.3 Å². The lowest BCUT2D eigenvalue weighted by Crippen LogP contribution is -2.37. The van der Waals surface area contributed by atoms with E-state index in [4.69, 9.17) is 18.5 Å². The van der Waals surface area contributed by atoms with E-state index in [9.17, 15) is 14.3 Å². The first-order valence-corrected chi connectivity index (χ1v) is 32.9. The number of carbonyl (C=O) groups excluding carboxylic acids is 1. The highest BCUT2D eigenvalue weighted by molar-refractivity contribution is 7.47. The van der Waals surface area contributed by atoms with E-state index in [0.29, 0.717) is 24.1 Å². The number of nitrogens with zero attached hydrogens (tertiary/aromatic N) is 1. The lowest BCUT2D eigenvalue weighted by Gasteiger charge is -2.24. The third kappa shape index (κ3) is 61.2. The Morgan fingerprint density at radius 2 is 0.753 bits per heavy atom. The summed E-state index contributed by atoms with van der Waals surface area (Å²) >= 11 is 0. The molecule has 2 unspecified atom stereocenters. The number of ether oxygens (including phenoxy) is 2. The maximum absolute atomic E-state index is 12.8. The third-order valence-electron chi connectivity index (χ3n) is 13.9. The Labute approximate surface area is 454 Å². The van der Waals surface area contributed by atoms with Gasteiger partial charge in [-0.05, 0) is 77.0 Å². The van der Waals surface area contributed by atoms with Crippen LogP contribution in [0, 0.1) is 0 Å². The normalized spacial score (nSPS) is 13.7. The first-order chi connectivity index (χ1) is 35.6. The second kappa shape index (κ2) is 56.7. The number of likely N-dealkylation sites (N-methyl/N-ethyl adjacent to an activating group) is 1. The third-order valence-corrected chi connectivity index (χ3v) is 14.8. The number of hydrogen-bond acceptors (Lipinski definition) is 6. The number of phosphoric ester groups is 1. The summed E-state index contributed by atoms with van der Waals surface area (Å²) in [4.78, 5) is 23.1. The van der Waals surface area contributed by atoms with Crippen LogP contribution in [0.2, 0.25) is 0 Å². The quantitative estimate of drug-likeness (QED) is 0.0213. The van der Waals surface area contributed by atoms with Crippen LogP contribution in [0.25, 0.3) is 0 Å². The highest BCUT2D eigenvalue weighted by Gasteiger charge is 2.26. The number of quaternary nitrogens is 1. The van der Waals surface area contributed by atoms with Crippen molar-refractivity contribution in [3.05, 3.63) is 48.6 Å². The van der Waals surface area contributed by atoms with Crippen molar-refractivity contribution in [2.45, 2.75) is 302 Å². The highest BCUT2D eigenvalue weighted by Crippen LogP contribution is 2.43. The fourth-order valence-electron chi connectivity index (χ4n) is 9.03. The fourth-order valence-corrected chi connectivity index (χ4v) is 9.77. The van der Waals surface area contributed by atoms with Crippen LogP contribution < -0.4 is 0 Å². The molecule has 0 radical (unpaired) electrons. The van der Waals surface area contributed by atoms with Crippen LogP contribution in [-0.4, -0.2) is 75.6 Å². The van der Waals surface area contributed by atoms with E-state index in [0.717, 1.165) is 44.9 Å². The number of rotatable bonds is 59. The molecule has 9 heteroatoms. The van der Waals surface area contributed by atoms with Gasteiger partial charge in [-0.15, -0.1) is 0 Å². The van der Waals surface area contributed by atoms with Gasteiger partial charge in [0.1, 0.15) is 19.3 Å². The Morgan fingerprint density at radius 1 is 0.425 bits per heavy atom. The molecule has 0 fully saturated rings. The van der Waals surface area contributed by atoms with Crippen molar-refractivity contribution in [1.82, 2.24) is 0 Å². The summed E-state index contributed by atoms with van der Waals surface area (Å²) in [6.07, 6.45) is 73.3. The Kier molecular flexibility index (Phi) is 55.5. The molecule has 0 spiro atoms. The number of unbranched alkanes of at least 4 members (excludes halogenated alkanes) is 37. The van der Waals surface area contributed by atoms with Gasteiger partial charge in [0, 0.05) is 13.0 Å². The average Bonchev–Trinajstić information content (AvgIpc) is 3.35. The fraction of sp³-hybridized carbons (Fsp3) is 0.859. The van der Waals surface area contributed by atoms with Crippen LogP contribution >= 0.6 is 7.82 Å². The van der Waals surface area contributed by atoms with Gasteiger partial charge in [0.15, 0.2) is 0 Å². The van der Waals surface area contributed by atoms with Crippen molar-refractivity contribution in [3.8, 4) is 0 Å². The van der Waals surface area contributed by atoms with E-state index in [2.05, 4.69) is 62.5 Å². The Hall–Kier alpha value is -1.54. The number of carbonyl (C=O) groups is 1. The molecular formula is C64H123NO7P+. The molecular weight excluding hydrogens is 926 g/mol. The molecule has 0 bridgehead atoms. The van der Waals surface area contributed by atoms with Gasteiger partial charge >= 0.3 is 13.8 Å². The van der Waals surface area contributed by atoms with Gasteiger partial charge in [-0.25, -0.2) is 4.57 Å². The average molecular weight is 1050 g/mol. The Balaban J connectivity index is 4.02. The molecule has 1 N–H and O–H groups in total. The summed E-state index contributed by atoms with van der Waals surface area (Å²) in [6, 6.07) is 0. The second-order valence-corrected chi connectivity index (χ2v) is 23.9. The maximum Gasteiger partial charge on any atom is 0.472 e. The maximum atomic E-state index is 12.8. The molecule has 0 aromatic rings. The van der Waals surface area contributed by atoms with Gasteiger partial charge in [-0.2, -0.15) is 0 Å². The molecule has 0 saturated carbocycles. The Morgan fingerprint density at radius 3 is 1.14 bits per heavy atom. The largest absolute Gasteiger partial charge is 0.472 e. The van der Waals surface area contributed by atoms with Gasteiger partial charge in [-0.1, -0.05) is 262 Å². The number of esters is 1. The van der Waals surface area contributed by atoms with Gasteiger partial charge in [-0.3, -0.25) is 13.8 Å². The van der Waals surface area contributed by atoms with Crippen LogP contribution in [0.15, 0.2) is 48.6 Å². The summed E-state index contributed by atoms with van der Waals surface area (Å²) in [5.41, 5.74) is 0. The van der Waals surface area contributed by atoms with Crippen LogP contribution in [0.3, 0.4) is 0 Å². The first kappa shape index (κ1) is 71.5. The molecule has 0 heterocycles. The lowest BCUT2D eigenvalue weighted by molar-refractivity contribution is -0.870. The molecule has 0 aromatic carbocycles. The molecule has 73 heavy (non-hydrogen) atoms. The van der Waals surface area contributed by atoms with Crippen molar-refractivity contribution >= 4 is 13.8 Å². The van der Waals surface area contributed by atoms with E-state index < -0.39 is 13.9 Å². The monoisotopic (exact) mass is 1050 g/mol. The SMILES string of the molecule is CCCCCCC/C=C\C/C=C\C/C=C\CCCCCCCCCCCCCOCC(COP(=O)(O)OCC[N+](C)(C)C)OC(=O)CCCCCCCCCCCCCCC/C=C\CCCCCCCCCC. The summed E-state index contributed by atoms with van der Waals surface area (Å²) in [7, 11) is 1.68. The zero-order valence-electron chi connectivity index (χ0n) is 49.1. The van der Waals surface area contributed by atoms with Crippen molar-refractivity contribution in [1.29, 1.82) is 0 Å². The van der Waals surface area contributed by atoms with Crippen LogP contribution in [0.1, 0.15) is 296 Å². The first-order valence-electron chi connectivity index (χ1n) is 31.4. The number of allylic oxidation sites excluding steroid dienone is 8. The zero-order valence-corrected chi connectivity index (χ0v) is 50.0. The van der Waals surface area contributed by atoms with E-state index >= 15 is 0 Å². The van der Waals surface area contributed by atoms with Crippen molar-refractivity contribution in [2.75, 3.05) is 54.1 Å². The number of phosphoric acid groups is 1. The van der Waals surface area contributed by atoms with E-state index in [1.54, 1.807) is 0 Å². The minimum Gasteiger partial charge on any atom is -0.457 e. The second-order valence-electron chi connectivity index (χ2n) is 22.4. The number of hydrogen-bond donors (Lipinski definition) is 1. The standard InChI is InChI=1S/C64H122NO7P/c1-6-8-10-12-14-16-18-20-22-24-26-28-30-32-34-36-38-40-42-44-46-48-50-52-54-56-59-69-61-63(62-71-73(67,68)70-60-58-65(3,4)5)72-64(66)57-55-53-51-49-47-45-43-41-39-37-35-33-31-29-27-25-23-21-19-17-15-13-11-9-7-2/h18,20,24-27,30,32,63H,6-17,19,21-23,28-29,31,33-62H2,1-5H3/p+1/b20-18-,26-24-,27-25-,32-30-. The summed E-state index contributed by atoms with van der Waals surface area (Å²) in [5, 5.41) is 0. The van der Waals surface area contributed by atoms with Gasteiger partial charge < -0.3 is 18.9 Å². The van der Waals surface area contributed by atoms with Crippen LogP contribution in [0.4, 0.5) is 0 Å². The van der Waals surface area contributed by atoms with Gasteiger partial charge in [0.05, 0.1) is 34.4 Å². The highest BCUT2D eigenvalue weighted by atomic mass is 31.2. The predicted octanol–water partition coefficient (Wildman–Crippen LogP) is 20.2. The zero-order chi connectivity index (χ0) is 53.3.